The summed E-state index contributed by atoms with van der Waals surface area (Å²) in [6, 6.07) is 13.1. The van der Waals surface area contributed by atoms with Crippen molar-refractivity contribution in [3.63, 3.8) is 0 Å². The molecule has 1 aromatic heterocycles. The lowest BCUT2D eigenvalue weighted by Gasteiger charge is -2.22. The van der Waals surface area contributed by atoms with Crippen molar-refractivity contribution >= 4 is 35.2 Å². The Kier molecular flexibility index (Phi) is 5.43. The number of anilines is 1. The highest BCUT2D eigenvalue weighted by molar-refractivity contribution is 6.52. The Bertz CT molecular complexity index is 1100. The van der Waals surface area contributed by atoms with E-state index in [1.54, 1.807) is 12.1 Å². The number of aromatic hydroxyl groups is 1. The lowest BCUT2D eigenvalue weighted by atomic mass is 9.73. The molecule has 1 fully saturated rings. The number of pyridine rings is 1. The highest BCUT2D eigenvalue weighted by Gasteiger charge is 2.20. The molecule has 0 bridgehead atoms. The smallest absolute Gasteiger partial charge is 0.265 e. The minimum absolute atomic E-state index is 0.276. The fourth-order valence-electron chi connectivity index (χ4n) is 4.15. The van der Waals surface area contributed by atoms with Crippen LogP contribution in [0.1, 0.15) is 53.9 Å². The predicted molar refractivity (Wildman–Crippen MR) is 118 cm³/mol. The van der Waals surface area contributed by atoms with Crippen LogP contribution in [0.5, 0.6) is 5.75 Å². The van der Waals surface area contributed by atoms with E-state index in [1.807, 2.05) is 44.4 Å². The molecule has 29 heavy (non-hydrogen) atoms. The van der Waals surface area contributed by atoms with Crippen LogP contribution < -0.4 is 16.3 Å². The van der Waals surface area contributed by atoms with Crippen LogP contribution >= 0.6 is 0 Å². The number of rotatable bonds is 4. The molecule has 1 radical (unpaired) electrons. The Labute approximate surface area is 170 Å². The number of aromatic amines is 1. The second kappa shape index (κ2) is 8.15. The fraction of sp³-hybridized carbons (Fsp3) is 0.304. The maximum Gasteiger partial charge on any atom is 0.265 e. The van der Waals surface area contributed by atoms with Crippen LogP contribution in [-0.2, 0) is 0 Å². The molecule has 3 N–H and O–H groups in total. The van der Waals surface area contributed by atoms with E-state index in [1.165, 1.54) is 37.7 Å². The van der Waals surface area contributed by atoms with Gasteiger partial charge in [0.25, 0.3) is 11.5 Å². The summed E-state index contributed by atoms with van der Waals surface area (Å²) in [5, 5.41) is 13.8. The van der Waals surface area contributed by atoms with Crippen molar-refractivity contribution in [3.8, 4) is 5.75 Å². The molecule has 4 rings (SSSR count). The molecule has 2 aromatic carbocycles. The Morgan fingerprint density at radius 2 is 1.83 bits per heavy atom. The average Bonchev–Trinajstić information content (AvgIpc) is 2.75. The molecule has 3 aromatic rings. The molecule has 1 amide bonds. The van der Waals surface area contributed by atoms with E-state index in [0.29, 0.717) is 22.5 Å². The Balaban J connectivity index is 1.59. The summed E-state index contributed by atoms with van der Waals surface area (Å²) in [5.41, 5.74) is 2.39. The van der Waals surface area contributed by atoms with Crippen LogP contribution in [0.2, 0.25) is 6.82 Å². The van der Waals surface area contributed by atoms with Gasteiger partial charge in [-0.05, 0) is 42.5 Å². The Morgan fingerprint density at radius 1 is 1.10 bits per heavy atom. The molecule has 0 unspecified atom stereocenters. The third kappa shape index (κ3) is 3.93. The number of hydrogen-bond acceptors (Lipinski definition) is 3. The summed E-state index contributed by atoms with van der Waals surface area (Å²) in [6.45, 7) is 1.88. The van der Waals surface area contributed by atoms with Gasteiger partial charge in [-0.2, -0.15) is 0 Å². The molecule has 1 aliphatic carbocycles. The number of benzene rings is 2. The third-order valence-electron chi connectivity index (χ3n) is 5.82. The third-order valence-corrected chi connectivity index (χ3v) is 5.82. The predicted octanol–water partition coefficient (Wildman–Crippen LogP) is 3.91. The summed E-state index contributed by atoms with van der Waals surface area (Å²) in [4.78, 5) is 27.8. The number of H-pyrrole nitrogens is 1. The van der Waals surface area contributed by atoms with E-state index < -0.39 is 11.5 Å². The SMILES string of the molecule is C[B]c1ccc2[nH]c(=O)c(C(=O)Nc3ccc(C4CCCCC4)cc3)c(O)c2c1. The lowest BCUT2D eigenvalue weighted by Crippen LogP contribution is -2.24. The number of nitrogens with one attached hydrogen (secondary N) is 2. The van der Waals surface area contributed by atoms with Crippen LogP contribution in [0.15, 0.2) is 47.3 Å². The van der Waals surface area contributed by atoms with E-state index in [4.69, 9.17) is 0 Å². The molecule has 1 saturated carbocycles. The zero-order valence-electron chi connectivity index (χ0n) is 16.5. The molecule has 0 aliphatic heterocycles. The van der Waals surface area contributed by atoms with Crippen molar-refractivity contribution in [3.05, 3.63) is 63.9 Å². The topological polar surface area (TPSA) is 82.2 Å². The number of aromatic nitrogens is 1. The van der Waals surface area contributed by atoms with Gasteiger partial charge in [0.15, 0.2) is 0 Å². The van der Waals surface area contributed by atoms with Gasteiger partial charge >= 0.3 is 0 Å². The van der Waals surface area contributed by atoms with Gasteiger partial charge in [0.2, 0.25) is 0 Å². The lowest BCUT2D eigenvalue weighted by molar-refractivity contribution is 0.102. The molecule has 147 valence electrons. The van der Waals surface area contributed by atoms with Crippen molar-refractivity contribution in [2.45, 2.75) is 44.8 Å². The van der Waals surface area contributed by atoms with Gasteiger partial charge < -0.3 is 15.4 Å². The van der Waals surface area contributed by atoms with Gasteiger partial charge in [-0.1, -0.05) is 55.8 Å². The number of fused-ring (bicyclic) bond motifs is 1. The van der Waals surface area contributed by atoms with Crippen LogP contribution in [0.25, 0.3) is 10.9 Å². The Hall–Kier alpha value is -3.02. The quantitative estimate of drug-likeness (QED) is 0.594. The molecule has 0 atom stereocenters. The van der Waals surface area contributed by atoms with Gasteiger partial charge in [0, 0.05) is 11.1 Å². The molecule has 0 saturated heterocycles. The molecule has 1 aliphatic rings. The van der Waals surface area contributed by atoms with Gasteiger partial charge in [-0.15, -0.1) is 0 Å². The minimum Gasteiger partial charge on any atom is -0.506 e. The standard InChI is InChI=1S/C23H24BN2O3/c1-24-16-9-12-19-18(13-16)21(27)20(23(29)26-19)22(28)25-17-10-7-15(8-11-17)14-5-3-2-4-6-14/h7-14H,2-6H2,1H3,(H,25,28)(H2,26,27,29). The highest BCUT2D eigenvalue weighted by Crippen LogP contribution is 2.33. The highest BCUT2D eigenvalue weighted by atomic mass is 16.3. The first-order valence-electron chi connectivity index (χ1n) is 10.2. The van der Waals surface area contributed by atoms with Crippen molar-refractivity contribution in [1.29, 1.82) is 0 Å². The second-order valence-electron chi connectivity index (χ2n) is 7.68. The normalized spacial score (nSPS) is 14.7. The summed E-state index contributed by atoms with van der Waals surface area (Å²) in [6.07, 6.45) is 6.27. The van der Waals surface area contributed by atoms with E-state index >= 15 is 0 Å². The van der Waals surface area contributed by atoms with Gasteiger partial charge in [0.1, 0.15) is 18.6 Å². The molecular formula is C23H24BN2O3. The fourth-order valence-corrected chi connectivity index (χ4v) is 4.15. The number of carbonyl (C=O) groups excluding carboxylic acids is 1. The van der Waals surface area contributed by atoms with Crippen molar-refractivity contribution in [2.24, 2.45) is 0 Å². The molecular weight excluding hydrogens is 363 g/mol. The zero-order chi connectivity index (χ0) is 20.4. The summed E-state index contributed by atoms with van der Waals surface area (Å²) < 4.78 is 0. The van der Waals surface area contributed by atoms with E-state index in [9.17, 15) is 14.7 Å². The number of hydrogen-bond donors (Lipinski definition) is 3. The monoisotopic (exact) mass is 387 g/mol. The zero-order valence-corrected chi connectivity index (χ0v) is 16.5. The Morgan fingerprint density at radius 3 is 2.52 bits per heavy atom. The second-order valence-corrected chi connectivity index (χ2v) is 7.68. The molecule has 6 heteroatoms. The average molecular weight is 387 g/mol. The van der Waals surface area contributed by atoms with E-state index in [0.717, 1.165) is 5.46 Å². The van der Waals surface area contributed by atoms with Crippen molar-refractivity contribution < 1.29 is 9.90 Å². The minimum atomic E-state index is -0.623. The largest absolute Gasteiger partial charge is 0.506 e. The van der Waals surface area contributed by atoms with Gasteiger partial charge in [0.05, 0.1) is 5.52 Å². The first kappa shape index (κ1) is 19.3. The number of amides is 1. The summed E-state index contributed by atoms with van der Waals surface area (Å²) in [5.74, 6) is -0.337. The molecule has 1 heterocycles. The summed E-state index contributed by atoms with van der Waals surface area (Å²) in [7, 11) is 1.89. The molecule has 5 nitrogen and oxygen atoms in total. The van der Waals surface area contributed by atoms with E-state index in [-0.39, 0.29) is 11.3 Å². The number of carbonyl (C=O) groups is 1. The summed E-state index contributed by atoms with van der Waals surface area (Å²) >= 11 is 0. The van der Waals surface area contributed by atoms with Gasteiger partial charge in [-0.3, -0.25) is 9.59 Å². The first-order chi connectivity index (χ1) is 14.1. The molecule has 0 spiro atoms. The van der Waals surface area contributed by atoms with Crippen LogP contribution in [0.4, 0.5) is 5.69 Å². The van der Waals surface area contributed by atoms with Gasteiger partial charge in [-0.25, -0.2) is 0 Å². The van der Waals surface area contributed by atoms with Crippen LogP contribution in [0, 0.1) is 0 Å². The maximum absolute atomic E-state index is 12.7. The van der Waals surface area contributed by atoms with Crippen molar-refractivity contribution in [1.82, 2.24) is 4.98 Å². The van der Waals surface area contributed by atoms with Crippen LogP contribution in [-0.4, -0.2) is 23.3 Å². The first-order valence-corrected chi connectivity index (χ1v) is 10.2. The maximum atomic E-state index is 12.7. The van der Waals surface area contributed by atoms with E-state index in [2.05, 4.69) is 10.3 Å². The van der Waals surface area contributed by atoms with Crippen molar-refractivity contribution in [2.75, 3.05) is 5.32 Å². The van der Waals surface area contributed by atoms with Crippen LogP contribution in [0.3, 0.4) is 0 Å².